The third-order valence-corrected chi connectivity index (χ3v) is 3.28. The van der Waals surface area contributed by atoms with E-state index < -0.39 is 0 Å². The van der Waals surface area contributed by atoms with Gasteiger partial charge < -0.3 is 10.4 Å². The molecule has 0 saturated carbocycles. The molecule has 0 aromatic carbocycles. The molecule has 1 unspecified atom stereocenters. The van der Waals surface area contributed by atoms with Crippen LogP contribution in [0.4, 0.5) is 0 Å². The van der Waals surface area contributed by atoms with Gasteiger partial charge in [0.15, 0.2) is 0 Å². The van der Waals surface area contributed by atoms with Crippen LogP contribution in [0.25, 0.3) is 0 Å². The summed E-state index contributed by atoms with van der Waals surface area (Å²) in [5.41, 5.74) is 0. The maximum absolute atomic E-state index is 8.85. The van der Waals surface area contributed by atoms with Gasteiger partial charge in [0, 0.05) is 18.7 Å². The fourth-order valence-electron chi connectivity index (χ4n) is 1.45. The van der Waals surface area contributed by atoms with E-state index in [2.05, 4.69) is 10.3 Å². The first-order valence-corrected chi connectivity index (χ1v) is 4.98. The summed E-state index contributed by atoms with van der Waals surface area (Å²) in [4.78, 5) is 5.26. The normalized spacial score (nSPS) is 23.2. The summed E-state index contributed by atoms with van der Waals surface area (Å²) < 4.78 is 0. The molecule has 0 spiro atoms. The number of aromatic nitrogens is 1. The van der Waals surface area contributed by atoms with Gasteiger partial charge in [-0.15, -0.1) is 11.3 Å². The van der Waals surface area contributed by atoms with Crippen molar-refractivity contribution in [3.05, 3.63) is 16.1 Å². The van der Waals surface area contributed by atoms with Gasteiger partial charge in [0.1, 0.15) is 0 Å². The summed E-state index contributed by atoms with van der Waals surface area (Å²) in [5.74, 6) is 0.579. The van der Waals surface area contributed by atoms with Gasteiger partial charge in [0.25, 0.3) is 0 Å². The lowest BCUT2D eigenvalue weighted by atomic mass is 10.1. The maximum atomic E-state index is 8.85. The summed E-state index contributed by atoms with van der Waals surface area (Å²) in [6, 6.07) is 0. The summed E-state index contributed by atoms with van der Waals surface area (Å²) >= 11 is 1.63. The van der Waals surface area contributed by atoms with Crippen molar-refractivity contribution >= 4 is 11.3 Å². The van der Waals surface area contributed by atoms with Crippen LogP contribution in [0.5, 0.6) is 0 Å². The van der Waals surface area contributed by atoms with E-state index in [1.54, 1.807) is 17.5 Å². The topological polar surface area (TPSA) is 45.2 Å². The third kappa shape index (κ3) is 1.50. The molecule has 1 fully saturated rings. The molecule has 1 aliphatic heterocycles. The molecule has 0 aliphatic carbocycles. The summed E-state index contributed by atoms with van der Waals surface area (Å²) in [6.07, 6.45) is 2.96. The van der Waals surface area contributed by atoms with Crippen molar-refractivity contribution < 1.29 is 5.11 Å². The molecule has 1 aromatic heterocycles. The second-order valence-electron chi connectivity index (χ2n) is 3.01. The van der Waals surface area contributed by atoms with E-state index in [4.69, 9.17) is 5.11 Å². The van der Waals surface area contributed by atoms with E-state index in [-0.39, 0.29) is 6.61 Å². The fraction of sp³-hybridized carbons (Fsp3) is 0.625. The van der Waals surface area contributed by atoms with Crippen LogP contribution in [-0.2, 0) is 6.61 Å². The molecular weight excluding hydrogens is 172 g/mol. The zero-order valence-electron chi connectivity index (χ0n) is 6.79. The Morgan fingerprint density at radius 2 is 2.67 bits per heavy atom. The van der Waals surface area contributed by atoms with Crippen LogP contribution >= 0.6 is 11.3 Å². The minimum Gasteiger partial charge on any atom is -0.391 e. The lowest BCUT2D eigenvalue weighted by Gasteiger charge is -2.00. The second kappa shape index (κ2) is 3.51. The first kappa shape index (κ1) is 8.16. The van der Waals surface area contributed by atoms with Crippen molar-refractivity contribution in [2.24, 2.45) is 0 Å². The molecule has 1 aliphatic rings. The van der Waals surface area contributed by atoms with Crippen LogP contribution in [0, 0.1) is 0 Å². The van der Waals surface area contributed by atoms with Crippen LogP contribution in [-0.4, -0.2) is 23.2 Å². The van der Waals surface area contributed by atoms with Gasteiger partial charge in [0.05, 0.1) is 16.5 Å². The van der Waals surface area contributed by atoms with E-state index in [1.807, 2.05) is 0 Å². The second-order valence-corrected chi connectivity index (χ2v) is 4.16. The standard InChI is InChI=1S/C8H12N2OS/c11-5-7-4-10-8(12-7)6-1-2-9-3-6/h4,6,9,11H,1-3,5H2. The Bertz CT molecular complexity index is 255. The largest absolute Gasteiger partial charge is 0.391 e. The monoisotopic (exact) mass is 184 g/mol. The Labute approximate surface area is 75.5 Å². The molecule has 2 heterocycles. The van der Waals surface area contributed by atoms with E-state index in [1.165, 1.54) is 11.4 Å². The number of nitrogens with zero attached hydrogens (tertiary/aromatic N) is 1. The number of rotatable bonds is 2. The average molecular weight is 184 g/mol. The van der Waals surface area contributed by atoms with Crippen LogP contribution in [0.3, 0.4) is 0 Å². The smallest absolute Gasteiger partial charge is 0.0972 e. The highest BCUT2D eigenvalue weighted by molar-refractivity contribution is 7.11. The summed E-state index contributed by atoms with van der Waals surface area (Å²) in [5, 5.41) is 13.3. The zero-order valence-corrected chi connectivity index (χ0v) is 7.60. The molecule has 12 heavy (non-hydrogen) atoms. The predicted octanol–water partition coefficient (Wildman–Crippen LogP) is 0.712. The molecule has 1 aromatic rings. The molecule has 2 rings (SSSR count). The van der Waals surface area contributed by atoms with E-state index in [0.29, 0.717) is 5.92 Å². The molecule has 66 valence electrons. The number of hydrogen-bond donors (Lipinski definition) is 2. The van der Waals surface area contributed by atoms with Gasteiger partial charge in [-0.05, 0) is 13.0 Å². The van der Waals surface area contributed by atoms with Crippen LogP contribution < -0.4 is 5.32 Å². The Hall–Kier alpha value is -0.450. The van der Waals surface area contributed by atoms with Gasteiger partial charge in [-0.1, -0.05) is 0 Å². The number of hydrogen-bond acceptors (Lipinski definition) is 4. The molecule has 1 atom stereocenters. The molecule has 3 nitrogen and oxygen atoms in total. The molecule has 0 radical (unpaired) electrons. The van der Waals surface area contributed by atoms with Crippen LogP contribution in [0.1, 0.15) is 22.2 Å². The molecular formula is C8H12N2OS. The summed E-state index contributed by atoms with van der Waals surface area (Å²) in [7, 11) is 0. The zero-order chi connectivity index (χ0) is 8.39. The highest BCUT2D eigenvalue weighted by Crippen LogP contribution is 2.26. The molecule has 1 saturated heterocycles. The molecule has 0 bridgehead atoms. The first-order valence-electron chi connectivity index (χ1n) is 4.16. The van der Waals surface area contributed by atoms with Crippen molar-refractivity contribution in [1.29, 1.82) is 0 Å². The SMILES string of the molecule is OCc1cnc(C2CCNC2)s1. The van der Waals surface area contributed by atoms with E-state index >= 15 is 0 Å². The van der Waals surface area contributed by atoms with Crippen molar-refractivity contribution in [1.82, 2.24) is 10.3 Å². The average Bonchev–Trinajstić information content (AvgIpc) is 2.75. The van der Waals surface area contributed by atoms with E-state index in [0.717, 1.165) is 18.0 Å². The molecule has 0 amide bonds. The van der Waals surface area contributed by atoms with Gasteiger partial charge in [-0.25, -0.2) is 4.98 Å². The number of nitrogens with one attached hydrogen (secondary N) is 1. The Morgan fingerprint density at radius 3 is 3.25 bits per heavy atom. The van der Waals surface area contributed by atoms with Crippen molar-refractivity contribution in [3.63, 3.8) is 0 Å². The summed E-state index contributed by atoms with van der Waals surface area (Å²) in [6.45, 7) is 2.26. The van der Waals surface area contributed by atoms with Crippen LogP contribution in [0.15, 0.2) is 6.20 Å². The lowest BCUT2D eigenvalue weighted by molar-refractivity contribution is 0.285. The number of thiazole rings is 1. The Morgan fingerprint density at radius 1 is 1.75 bits per heavy atom. The number of aliphatic hydroxyl groups is 1. The third-order valence-electron chi connectivity index (χ3n) is 2.14. The predicted molar refractivity (Wildman–Crippen MR) is 48.3 cm³/mol. The van der Waals surface area contributed by atoms with Crippen molar-refractivity contribution in [2.75, 3.05) is 13.1 Å². The van der Waals surface area contributed by atoms with Crippen molar-refractivity contribution in [3.8, 4) is 0 Å². The van der Waals surface area contributed by atoms with Gasteiger partial charge >= 0.3 is 0 Å². The minimum absolute atomic E-state index is 0.123. The highest BCUT2D eigenvalue weighted by atomic mass is 32.1. The lowest BCUT2D eigenvalue weighted by Crippen LogP contribution is -2.07. The molecule has 2 N–H and O–H groups in total. The van der Waals surface area contributed by atoms with Gasteiger partial charge in [0.2, 0.25) is 0 Å². The van der Waals surface area contributed by atoms with Gasteiger partial charge in [-0.3, -0.25) is 0 Å². The fourth-order valence-corrected chi connectivity index (χ4v) is 2.36. The number of aliphatic hydroxyl groups excluding tert-OH is 1. The van der Waals surface area contributed by atoms with Gasteiger partial charge in [-0.2, -0.15) is 0 Å². The van der Waals surface area contributed by atoms with Crippen LogP contribution in [0.2, 0.25) is 0 Å². The minimum atomic E-state index is 0.123. The molecule has 4 heteroatoms. The van der Waals surface area contributed by atoms with E-state index in [9.17, 15) is 0 Å². The highest BCUT2D eigenvalue weighted by Gasteiger charge is 2.19. The Kier molecular flexibility index (Phi) is 2.39. The first-order chi connectivity index (χ1) is 5.90. The van der Waals surface area contributed by atoms with Crippen molar-refractivity contribution in [2.45, 2.75) is 18.9 Å². The Balaban J connectivity index is 2.11. The quantitative estimate of drug-likeness (QED) is 0.711. The maximum Gasteiger partial charge on any atom is 0.0972 e.